The Morgan fingerprint density at radius 3 is 2.62 bits per heavy atom. The number of hydrogen-bond donors (Lipinski definition) is 1. The molecule has 2 rings (SSSR count). The fraction of sp³-hybridized carbons (Fsp3) is 0.500. The molecule has 1 amide bonds. The van der Waals surface area contributed by atoms with E-state index in [1.807, 2.05) is 31.2 Å². The van der Waals surface area contributed by atoms with E-state index in [-0.39, 0.29) is 17.9 Å². The second kappa shape index (κ2) is 7.50. The van der Waals surface area contributed by atoms with Crippen molar-refractivity contribution in [3.63, 3.8) is 0 Å². The van der Waals surface area contributed by atoms with Crippen molar-refractivity contribution < 1.29 is 14.3 Å². The van der Waals surface area contributed by atoms with Crippen LogP contribution in [-0.2, 0) is 14.3 Å². The minimum Gasteiger partial charge on any atom is -0.453 e. The predicted octanol–water partition coefficient (Wildman–Crippen LogP) is 2.69. The zero-order chi connectivity index (χ0) is 15.2. The van der Waals surface area contributed by atoms with Crippen LogP contribution >= 0.6 is 11.8 Å². The van der Waals surface area contributed by atoms with Crippen molar-refractivity contribution in [2.24, 2.45) is 0 Å². The second-order valence-corrected chi connectivity index (χ2v) is 6.49. The second-order valence-electron chi connectivity index (χ2n) is 5.33. The summed E-state index contributed by atoms with van der Waals surface area (Å²) in [6.45, 7) is 3.66. The lowest BCUT2D eigenvalue weighted by atomic mass is 10.2. The van der Waals surface area contributed by atoms with Gasteiger partial charge in [0.15, 0.2) is 6.10 Å². The van der Waals surface area contributed by atoms with Crippen LogP contribution in [0, 0.1) is 6.92 Å². The van der Waals surface area contributed by atoms with E-state index in [1.165, 1.54) is 5.56 Å². The number of amides is 1. The van der Waals surface area contributed by atoms with E-state index in [2.05, 4.69) is 5.32 Å². The topological polar surface area (TPSA) is 55.4 Å². The minimum atomic E-state index is -0.706. The fourth-order valence-corrected chi connectivity index (χ4v) is 2.58. The summed E-state index contributed by atoms with van der Waals surface area (Å²) < 4.78 is 5.13. The Hall–Kier alpha value is -1.49. The average Bonchev–Trinajstić information content (AvgIpc) is 3.25. The summed E-state index contributed by atoms with van der Waals surface area (Å²) in [5, 5.41) is 2.82. The quantitative estimate of drug-likeness (QED) is 0.621. The molecule has 1 saturated carbocycles. The van der Waals surface area contributed by atoms with E-state index in [0.29, 0.717) is 12.2 Å². The van der Waals surface area contributed by atoms with Crippen LogP contribution in [0.2, 0.25) is 0 Å². The predicted molar refractivity (Wildman–Crippen MR) is 83.2 cm³/mol. The summed E-state index contributed by atoms with van der Waals surface area (Å²) in [5.41, 5.74) is 1.22. The molecule has 4 nitrogen and oxygen atoms in total. The first-order valence-corrected chi connectivity index (χ1v) is 8.22. The lowest BCUT2D eigenvalue weighted by Crippen LogP contribution is -2.37. The third kappa shape index (κ3) is 5.79. The molecule has 1 fully saturated rings. The third-order valence-corrected chi connectivity index (χ3v) is 4.21. The Kier molecular flexibility index (Phi) is 5.67. The standard InChI is InChI=1S/C16H21NO3S/c1-11-3-7-14(8-4-11)21-10-9-15(18)20-12(2)16(19)17-13-5-6-13/h3-4,7-8,12-13H,5-6,9-10H2,1-2H3,(H,17,19)/t12-/m1/s1. The highest BCUT2D eigenvalue weighted by Gasteiger charge is 2.27. The molecule has 1 atom stereocenters. The van der Waals surface area contributed by atoms with Crippen LogP contribution in [0.15, 0.2) is 29.2 Å². The molecule has 5 heteroatoms. The summed E-state index contributed by atoms with van der Waals surface area (Å²) in [4.78, 5) is 24.5. The normalized spacial score (nSPS) is 15.3. The van der Waals surface area contributed by atoms with Crippen LogP contribution in [0.3, 0.4) is 0 Å². The molecule has 1 aromatic carbocycles. The van der Waals surface area contributed by atoms with E-state index in [0.717, 1.165) is 17.7 Å². The Balaban J connectivity index is 1.64. The van der Waals surface area contributed by atoms with Gasteiger partial charge in [0.1, 0.15) is 0 Å². The van der Waals surface area contributed by atoms with Crippen LogP contribution in [-0.4, -0.2) is 29.8 Å². The maximum atomic E-state index is 11.7. The average molecular weight is 307 g/mol. The van der Waals surface area contributed by atoms with Gasteiger partial charge < -0.3 is 10.1 Å². The van der Waals surface area contributed by atoms with Crippen molar-refractivity contribution in [2.75, 3.05) is 5.75 Å². The molecule has 0 radical (unpaired) electrons. The summed E-state index contributed by atoms with van der Waals surface area (Å²) in [5.74, 6) is 0.129. The molecule has 1 aliphatic carbocycles. The number of ether oxygens (including phenoxy) is 1. The van der Waals surface area contributed by atoms with Crippen molar-refractivity contribution >= 4 is 23.6 Å². The van der Waals surface area contributed by atoms with Crippen LogP contribution < -0.4 is 5.32 Å². The Morgan fingerprint density at radius 2 is 2.00 bits per heavy atom. The molecular weight excluding hydrogens is 286 g/mol. The van der Waals surface area contributed by atoms with Gasteiger partial charge in [0.25, 0.3) is 5.91 Å². The molecule has 0 bridgehead atoms. The third-order valence-electron chi connectivity index (χ3n) is 3.20. The number of thioether (sulfide) groups is 1. The maximum Gasteiger partial charge on any atom is 0.307 e. The lowest BCUT2D eigenvalue weighted by Gasteiger charge is -2.13. The van der Waals surface area contributed by atoms with Gasteiger partial charge in [0.2, 0.25) is 0 Å². The first kappa shape index (κ1) is 15.9. The molecule has 0 spiro atoms. The van der Waals surface area contributed by atoms with Gasteiger partial charge in [0.05, 0.1) is 6.42 Å². The monoisotopic (exact) mass is 307 g/mol. The zero-order valence-corrected chi connectivity index (χ0v) is 13.2. The van der Waals surface area contributed by atoms with Crippen molar-refractivity contribution in [1.82, 2.24) is 5.32 Å². The van der Waals surface area contributed by atoms with Gasteiger partial charge in [-0.2, -0.15) is 0 Å². The number of rotatable bonds is 7. The molecule has 0 saturated heterocycles. The number of aryl methyl sites for hydroxylation is 1. The molecule has 0 heterocycles. The Morgan fingerprint density at radius 1 is 1.33 bits per heavy atom. The number of carbonyl (C=O) groups is 2. The van der Waals surface area contributed by atoms with E-state index in [1.54, 1.807) is 18.7 Å². The van der Waals surface area contributed by atoms with Gasteiger partial charge in [-0.1, -0.05) is 17.7 Å². The van der Waals surface area contributed by atoms with Crippen molar-refractivity contribution in [1.29, 1.82) is 0 Å². The summed E-state index contributed by atoms with van der Waals surface area (Å²) >= 11 is 1.61. The molecule has 1 aliphatic rings. The van der Waals surface area contributed by atoms with Gasteiger partial charge in [-0.25, -0.2) is 0 Å². The number of esters is 1. The number of benzene rings is 1. The first-order chi connectivity index (χ1) is 10.0. The van der Waals surface area contributed by atoms with Gasteiger partial charge in [-0.05, 0) is 38.8 Å². The Bertz CT molecular complexity index is 497. The molecule has 114 valence electrons. The van der Waals surface area contributed by atoms with Crippen molar-refractivity contribution in [2.45, 2.75) is 50.2 Å². The Labute approximate surface area is 129 Å². The molecule has 21 heavy (non-hydrogen) atoms. The highest BCUT2D eigenvalue weighted by molar-refractivity contribution is 7.99. The smallest absolute Gasteiger partial charge is 0.307 e. The van der Waals surface area contributed by atoms with Crippen LogP contribution in [0.1, 0.15) is 31.7 Å². The SMILES string of the molecule is Cc1ccc(SCCC(=O)O[C@H](C)C(=O)NC2CC2)cc1. The van der Waals surface area contributed by atoms with Crippen LogP contribution in [0.5, 0.6) is 0 Å². The molecule has 1 N–H and O–H groups in total. The van der Waals surface area contributed by atoms with Crippen molar-refractivity contribution in [3.8, 4) is 0 Å². The highest BCUT2D eigenvalue weighted by Crippen LogP contribution is 2.20. The number of hydrogen-bond acceptors (Lipinski definition) is 4. The van der Waals surface area contributed by atoms with E-state index in [9.17, 15) is 9.59 Å². The number of nitrogens with one attached hydrogen (secondary N) is 1. The molecular formula is C16H21NO3S. The van der Waals surface area contributed by atoms with Gasteiger partial charge in [-0.15, -0.1) is 11.8 Å². The van der Waals surface area contributed by atoms with E-state index in [4.69, 9.17) is 4.74 Å². The summed E-state index contributed by atoms with van der Waals surface area (Å²) in [6.07, 6.45) is 1.65. The molecule has 0 aromatic heterocycles. The number of carbonyl (C=O) groups excluding carboxylic acids is 2. The maximum absolute atomic E-state index is 11.7. The summed E-state index contributed by atoms with van der Waals surface area (Å²) in [6, 6.07) is 8.46. The van der Waals surface area contributed by atoms with Gasteiger partial charge >= 0.3 is 5.97 Å². The molecule has 0 aliphatic heterocycles. The fourth-order valence-electron chi connectivity index (χ4n) is 1.74. The molecule has 1 aromatic rings. The van der Waals surface area contributed by atoms with Gasteiger partial charge in [0, 0.05) is 16.7 Å². The van der Waals surface area contributed by atoms with E-state index >= 15 is 0 Å². The van der Waals surface area contributed by atoms with Crippen molar-refractivity contribution in [3.05, 3.63) is 29.8 Å². The largest absolute Gasteiger partial charge is 0.453 e. The summed E-state index contributed by atoms with van der Waals surface area (Å²) in [7, 11) is 0. The van der Waals surface area contributed by atoms with Gasteiger partial charge in [-0.3, -0.25) is 9.59 Å². The minimum absolute atomic E-state index is 0.197. The van der Waals surface area contributed by atoms with Crippen LogP contribution in [0.4, 0.5) is 0 Å². The van der Waals surface area contributed by atoms with Crippen LogP contribution in [0.25, 0.3) is 0 Å². The first-order valence-electron chi connectivity index (χ1n) is 7.24. The molecule has 0 unspecified atom stereocenters. The lowest BCUT2D eigenvalue weighted by molar-refractivity contribution is -0.154. The van der Waals surface area contributed by atoms with E-state index < -0.39 is 6.10 Å². The highest BCUT2D eigenvalue weighted by atomic mass is 32.2. The zero-order valence-electron chi connectivity index (χ0n) is 12.4.